The Balaban J connectivity index is 1.59. The van der Waals surface area contributed by atoms with Gasteiger partial charge in [-0.25, -0.2) is 0 Å². The average molecular weight is 389 g/mol. The van der Waals surface area contributed by atoms with Gasteiger partial charge in [0.25, 0.3) is 0 Å². The zero-order valence-corrected chi connectivity index (χ0v) is 17.2. The summed E-state index contributed by atoms with van der Waals surface area (Å²) in [4.78, 5) is 37.6. The Kier molecular flexibility index (Phi) is 6.99. The standard InChI is InChI=1S/C21H32N4O3/c1-3-4-10-28-14-20(27)24-9-5-7-21(15-24)8-6-19(26)25(16-21)13-18-12-22-17(2)11-23-18/h11-12H,3-10,13-16H2,1-2H3. The molecule has 1 aromatic heterocycles. The number of aryl methyl sites for hydroxylation is 1. The van der Waals surface area contributed by atoms with Crippen molar-refractivity contribution in [2.24, 2.45) is 5.41 Å². The Labute approximate surface area is 167 Å². The number of nitrogens with zero attached hydrogens (tertiary/aromatic N) is 4. The number of rotatable bonds is 7. The van der Waals surface area contributed by atoms with Crippen molar-refractivity contribution in [3.63, 3.8) is 0 Å². The largest absolute Gasteiger partial charge is 0.372 e. The smallest absolute Gasteiger partial charge is 0.248 e. The molecule has 0 radical (unpaired) electrons. The molecule has 7 heteroatoms. The van der Waals surface area contributed by atoms with Crippen LogP contribution in [0, 0.1) is 12.3 Å². The molecular weight excluding hydrogens is 356 g/mol. The minimum absolute atomic E-state index is 0.0106. The third-order valence-corrected chi connectivity index (χ3v) is 5.82. The maximum absolute atomic E-state index is 12.6. The SMILES string of the molecule is CCCCOCC(=O)N1CCCC2(CCC(=O)N(Cc3cnc(C)cn3)C2)C1. The van der Waals surface area contributed by atoms with E-state index in [-0.39, 0.29) is 23.8 Å². The lowest BCUT2D eigenvalue weighted by Crippen LogP contribution is -2.55. The van der Waals surface area contributed by atoms with E-state index in [1.807, 2.05) is 16.7 Å². The lowest BCUT2D eigenvalue weighted by molar-refractivity contribution is -0.146. The summed E-state index contributed by atoms with van der Waals surface area (Å²) in [5.74, 6) is 0.238. The van der Waals surface area contributed by atoms with Gasteiger partial charge in [0.15, 0.2) is 0 Å². The van der Waals surface area contributed by atoms with E-state index >= 15 is 0 Å². The van der Waals surface area contributed by atoms with Crippen LogP contribution in [0.5, 0.6) is 0 Å². The number of amides is 2. The van der Waals surface area contributed by atoms with Gasteiger partial charge in [0.05, 0.1) is 24.1 Å². The van der Waals surface area contributed by atoms with Crippen LogP contribution in [0.25, 0.3) is 0 Å². The normalized spacial score (nSPS) is 22.7. The first-order valence-corrected chi connectivity index (χ1v) is 10.4. The molecule has 3 heterocycles. The highest BCUT2D eigenvalue weighted by Gasteiger charge is 2.42. The fourth-order valence-corrected chi connectivity index (χ4v) is 4.19. The second-order valence-corrected chi connectivity index (χ2v) is 8.22. The summed E-state index contributed by atoms with van der Waals surface area (Å²) in [7, 11) is 0. The number of hydrogen-bond acceptors (Lipinski definition) is 5. The van der Waals surface area contributed by atoms with Crippen molar-refractivity contribution in [3.8, 4) is 0 Å². The number of unbranched alkanes of at least 4 members (excludes halogenated alkanes) is 1. The van der Waals surface area contributed by atoms with Crippen molar-refractivity contribution < 1.29 is 14.3 Å². The fourth-order valence-electron chi connectivity index (χ4n) is 4.19. The molecule has 2 aliphatic rings. The number of carbonyl (C=O) groups excluding carboxylic acids is 2. The van der Waals surface area contributed by atoms with Gasteiger partial charge in [-0.05, 0) is 32.6 Å². The van der Waals surface area contributed by atoms with E-state index in [0.717, 1.165) is 50.0 Å². The summed E-state index contributed by atoms with van der Waals surface area (Å²) in [5.41, 5.74) is 1.67. The third kappa shape index (κ3) is 5.28. The molecule has 154 valence electrons. The Morgan fingerprint density at radius 3 is 2.86 bits per heavy atom. The van der Waals surface area contributed by atoms with E-state index in [2.05, 4.69) is 16.9 Å². The predicted octanol–water partition coefficient (Wildman–Crippen LogP) is 2.33. The molecule has 3 rings (SSSR count). The van der Waals surface area contributed by atoms with Gasteiger partial charge in [-0.3, -0.25) is 19.6 Å². The molecule has 2 aliphatic heterocycles. The zero-order valence-electron chi connectivity index (χ0n) is 17.2. The Morgan fingerprint density at radius 2 is 2.11 bits per heavy atom. The summed E-state index contributed by atoms with van der Waals surface area (Å²) in [6.45, 7) is 7.49. The van der Waals surface area contributed by atoms with Crippen molar-refractivity contribution in [2.45, 2.75) is 58.9 Å². The highest BCUT2D eigenvalue weighted by Crippen LogP contribution is 2.39. The maximum Gasteiger partial charge on any atom is 0.248 e. The van der Waals surface area contributed by atoms with Gasteiger partial charge in [-0.15, -0.1) is 0 Å². The van der Waals surface area contributed by atoms with E-state index < -0.39 is 0 Å². The number of piperidine rings is 2. The van der Waals surface area contributed by atoms with Gasteiger partial charge in [0.2, 0.25) is 11.8 Å². The molecule has 2 amide bonds. The first-order valence-electron chi connectivity index (χ1n) is 10.4. The van der Waals surface area contributed by atoms with Gasteiger partial charge < -0.3 is 14.5 Å². The predicted molar refractivity (Wildman–Crippen MR) is 105 cm³/mol. The van der Waals surface area contributed by atoms with Gasteiger partial charge >= 0.3 is 0 Å². The minimum atomic E-state index is -0.0106. The molecule has 2 fully saturated rings. The van der Waals surface area contributed by atoms with E-state index in [4.69, 9.17) is 4.74 Å². The molecule has 1 aromatic rings. The minimum Gasteiger partial charge on any atom is -0.372 e. The molecule has 0 aromatic carbocycles. The molecule has 0 bridgehead atoms. The van der Waals surface area contributed by atoms with Gasteiger partial charge in [-0.1, -0.05) is 13.3 Å². The topological polar surface area (TPSA) is 75.6 Å². The quantitative estimate of drug-likeness (QED) is 0.670. The molecule has 28 heavy (non-hydrogen) atoms. The summed E-state index contributed by atoms with van der Waals surface area (Å²) in [6.07, 6.45) is 8.94. The number of ether oxygens (including phenoxy) is 1. The van der Waals surface area contributed by atoms with E-state index in [0.29, 0.717) is 32.7 Å². The molecular formula is C21H32N4O3. The third-order valence-electron chi connectivity index (χ3n) is 5.82. The van der Waals surface area contributed by atoms with E-state index in [9.17, 15) is 9.59 Å². The molecule has 7 nitrogen and oxygen atoms in total. The van der Waals surface area contributed by atoms with Crippen LogP contribution < -0.4 is 0 Å². The molecule has 0 saturated carbocycles. The van der Waals surface area contributed by atoms with Crippen molar-refractivity contribution in [3.05, 3.63) is 23.8 Å². The second kappa shape index (κ2) is 9.45. The Bertz CT molecular complexity index is 679. The van der Waals surface area contributed by atoms with Crippen LogP contribution >= 0.6 is 0 Å². The monoisotopic (exact) mass is 388 g/mol. The van der Waals surface area contributed by atoms with Crippen LogP contribution in [0.15, 0.2) is 12.4 Å². The van der Waals surface area contributed by atoms with Crippen molar-refractivity contribution in [1.82, 2.24) is 19.8 Å². The molecule has 1 atom stereocenters. The van der Waals surface area contributed by atoms with E-state index in [1.165, 1.54) is 0 Å². The fraction of sp³-hybridized carbons (Fsp3) is 0.714. The summed E-state index contributed by atoms with van der Waals surface area (Å²) in [5, 5.41) is 0. The lowest BCUT2D eigenvalue weighted by Gasteiger charge is -2.48. The number of likely N-dealkylation sites (tertiary alicyclic amines) is 2. The Hall–Kier alpha value is -2.02. The van der Waals surface area contributed by atoms with Crippen LogP contribution in [-0.4, -0.2) is 64.4 Å². The highest BCUT2D eigenvalue weighted by atomic mass is 16.5. The van der Waals surface area contributed by atoms with Crippen LogP contribution in [0.1, 0.15) is 56.8 Å². The van der Waals surface area contributed by atoms with Crippen LogP contribution in [0.2, 0.25) is 0 Å². The van der Waals surface area contributed by atoms with Crippen molar-refractivity contribution in [1.29, 1.82) is 0 Å². The first-order chi connectivity index (χ1) is 13.5. The highest BCUT2D eigenvalue weighted by molar-refractivity contribution is 5.78. The summed E-state index contributed by atoms with van der Waals surface area (Å²) >= 11 is 0. The molecule has 0 N–H and O–H groups in total. The summed E-state index contributed by atoms with van der Waals surface area (Å²) < 4.78 is 5.52. The number of hydrogen-bond donors (Lipinski definition) is 0. The van der Waals surface area contributed by atoms with Crippen LogP contribution in [0.4, 0.5) is 0 Å². The van der Waals surface area contributed by atoms with Crippen LogP contribution in [0.3, 0.4) is 0 Å². The number of carbonyl (C=O) groups is 2. The first kappa shape index (κ1) is 20.7. The molecule has 0 aliphatic carbocycles. The Morgan fingerprint density at radius 1 is 1.25 bits per heavy atom. The van der Waals surface area contributed by atoms with Gasteiger partial charge in [0.1, 0.15) is 6.61 Å². The van der Waals surface area contributed by atoms with Crippen LogP contribution in [-0.2, 0) is 20.9 Å². The van der Waals surface area contributed by atoms with Crippen molar-refractivity contribution in [2.75, 3.05) is 32.8 Å². The van der Waals surface area contributed by atoms with Gasteiger partial charge in [-0.2, -0.15) is 0 Å². The van der Waals surface area contributed by atoms with Gasteiger partial charge in [0, 0.05) is 44.3 Å². The molecule has 2 saturated heterocycles. The second-order valence-electron chi connectivity index (χ2n) is 8.22. The van der Waals surface area contributed by atoms with Crippen molar-refractivity contribution >= 4 is 11.8 Å². The average Bonchev–Trinajstić information content (AvgIpc) is 2.70. The molecule has 1 unspecified atom stereocenters. The number of aromatic nitrogens is 2. The maximum atomic E-state index is 12.6. The lowest BCUT2D eigenvalue weighted by atomic mass is 9.73. The zero-order chi connectivity index (χ0) is 20.0. The summed E-state index contributed by atoms with van der Waals surface area (Å²) in [6, 6.07) is 0. The molecule has 1 spiro atoms. The van der Waals surface area contributed by atoms with E-state index in [1.54, 1.807) is 12.4 Å².